The second kappa shape index (κ2) is 7.94. The van der Waals surface area contributed by atoms with Gasteiger partial charge in [0.05, 0.1) is 17.1 Å². The van der Waals surface area contributed by atoms with E-state index in [4.69, 9.17) is 0 Å². The quantitative estimate of drug-likeness (QED) is 0.311. The first kappa shape index (κ1) is 19.0. The largest absolute Gasteiger partial charge is 0.301 e. The van der Waals surface area contributed by atoms with Crippen LogP contribution in [0.25, 0.3) is 16.4 Å². The summed E-state index contributed by atoms with van der Waals surface area (Å²) in [6.07, 6.45) is 0. The van der Waals surface area contributed by atoms with Gasteiger partial charge in [-0.2, -0.15) is 4.68 Å². The van der Waals surface area contributed by atoms with Crippen molar-refractivity contribution in [2.24, 2.45) is 10.2 Å². The number of azo groups is 1. The Balaban J connectivity index is 1.67. The number of rotatable bonds is 4. The summed E-state index contributed by atoms with van der Waals surface area (Å²) in [5.74, 6) is 0. The normalized spacial score (nSPS) is 11.4. The van der Waals surface area contributed by atoms with Crippen LogP contribution in [0.1, 0.15) is 5.69 Å². The number of H-pyrrole nitrogens is 1. The van der Waals surface area contributed by atoms with Gasteiger partial charge in [-0.1, -0.05) is 40.2 Å². The fourth-order valence-corrected chi connectivity index (χ4v) is 3.97. The fourth-order valence-electron chi connectivity index (χ4n) is 2.55. The van der Waals surface area contributed by atoms with Crippen molar-refractivity contribution in [1.82, 2.24) is 14.8 Å². The van der Waals surface area contributed by atoms with Crippen LogP contribution in [-0.4, -0.2) is 14.8 Å². The third kappa shape index (κ3) is 3.78. The number of nitrogens with one attached hydrogen (secondary N) is 1. The van der Waals surface area contributed by atoms with Crippen molar-refractivity contribution in [1.29, 1.82) is 0 Å². The van der Waals surface area contributed by atoms with Gasteiger partial charge in [0, 0.05) is 19.9 Å². The molecule has 4 rings (SSSR count). The molecule has 6 nitrogen and oxygen atoms in total. The van der Waals surface area contributed by atoms with Crippen LogP contribution < -0.4 is 5.56 Å². The maximum Gasteiger partial charge on any atom is 0.301 e. The summed E-state index contributed by atoms with van der Waals surface area (Å²) in [4.78, 5) is 17.4. The minimum Gasteiger partial charge on any atom is -0.291 e. The van der Waals surface area contributed by atoms with Crippen molar-refractivity contribution >= 4 is 54.6 Å². The van der Waals surface area contributed by atoms with Crippen molar-refractivity contribution < 1.29 is 0 Å². The van der Waals surface area contributed by atoms with Crippen LogP contribution in [0.5, 0.6) is 0 Å². The molecule has 0 saturated heterocycles. The van der Waals surface area contributed by atoms with Crippen LogP contribution in [0.4, 0.5) is 11.4 Å². The molecule has 0 aliphatic rings. The van der Waals surface area contributed by atoms with Crippen LogP contribution >= 0.6 is 43.2 Å². The maximum atomic E-state index is 12.8. The van der Waals surface area contributed by atoms with E-state index in [1.165, 1.54) is 16.0 Å². The highest BCUT2D eigenvalue weighted by Crippen LogP contribution is 2.28. The summed E-state index contributed by atoms with van der Waals surface area (Å²) < 4.78 is 3.21. The van der Waals surface area contributed by atoms with E-state index in [1.807, 2.05) is 53.9 Å². The van der Waals surface area contributed by atoms with Gasteiger partial charge in [0.25, 0.3) is 0 Å². The molecule has 140 valence electrons. The molecule has 2 aromatic carbocycles. The molecule has 0 fully saturated rings. The Hall–Kier alpha value is -2.36. The minimum absolute atomic E-state index is 0.260. The Labute approximate surface area is 181 Å². The van der Waals surface area contributed by atoms with Crippen LogP contribution in [0.15, 0.2) is 77.9 Å². The van der Waals surface area contributed by atoms with Gasteiger partial charge in [0.15, 0.2) is 5.69 Å². The molecule has 0 atom stereocenters. The summed E-state index contributed by atoms with van der Waals surface area (Å²) in [6.45, 7) is 1.79. The molecule has 0 spiro atoms. The van der Waals surface area contributed by atoms with Crippen molar-refractivity contribution in [3.05, 3.63) is 78.9 Å². The zero-order valence-electron chi connectivity index (χ0n) is 14.6. The van der Waals surface area contributed by atoms with Gasteiger partial charge < -0.3 is 0 Å². The number of thiazole rings is 1. The lowest BCUT2D eigenvalue weighted by molar-refractivity contribution is 0.827. The number of aromatic amines is 1. The highest BCUT2D eigenvalue weighted by molar-refractivity contribution is 9.10. The number of aromatic nitrogens is 3. The number of nitrogens with zero attached hydrogens (tertiary/aromatic N) is 4. The lowest BCUT2D eigenvalue weighted by atomic mass is 10.2. The summed E-state index contributed by atoms with van der Waals surface area (Å²) in [5, 5.41) is 13.9. The van der Waals surface area contributed by atoms with E-state index in [2.05, 4.69) is 52.2 Å². The molecule has 0 saturated carbocycles. The molecule has 4 aromatic rings. The van der Waals surface area contributed by atoms with Gasteiger partial charge in [0.1, 0.15) is 0 Å². The number of halogens is 2. The molecule has 9 heteroatoms. The number of hydrogen-bond acceptors (Lipinski definition) is 5. The Bertz CT molecular complexity index is 1220. The second-order valence-electron chi connectivity index (χ2n) is 5.90. The minimum atomic E-state index is -0.287. The van der Waals surface area contributed by atoms with Gasteiger partial charge in [-0.3, -0.25) is 9.89 Å². The highest BCUT2D eigenvalue weighted by atomic mass is 79.9. The number of benzene rings is 2. The van der Waals surface area contributed by atoms with E-state index < -0.39 is 0 Å². The third-order valence-corrected chi connectivity index (χ3v) is 6.00. The van der Waals surface area contributed by atoms with E-state index in [1.54, 1.807) is 6.92 Å². The molecule has 0 aliphatic heterocycles. The molecule has 0 radical (unpaired) electrons. The lowest BCUT2D eigenvalue weighted by Crippen LogP contribution is -2.13. The fraction of sp³-hybridized carbons (Fsp3) is 0.0526. The van der Waals surface area contributed by atoms with Gasteiger partial charge >= 0.3 is 5.56 Å². The van der Waals surface area contributed by atoms with Crippen molar-refractivity contribution in [2.45, 2.75) is 6.92 Å². The van der Waals surface area contributed by atoms with E-state index >= 15 is 0 Å². The van der Waals surface area contributed by atoms with E-state index in [0.717, 1.165) is 20.2 Å². The molecule has 2 aromatic heterocycles. The molecular weight excluding hydrogens is 506 g/mol. The van der Waals surface area contributed by atoms with Gasteiger partial charge in [-0.05, 0) is 47.1 Å². The van der Waals surface area contributed by atoms with Crippen molar-refractivity contribution in [3.63, 3.8) is 0 Å². The summed E-state index contributed by atoms with van der Waals surface area (Å²) in [5.41, 5.74) is 3.04. The molecule has 0 aliphatic carbocycles. The monoisotopic (exact) mass is 517 g/mol. The second-order valence-corrected chi connectivity index (χ2v) is 8.51. The Morgan fingerprint density at radius 3 is 2.57 bits per heavy atom. The smallest absolute Gasteiger partial charge is 0.291 e. The molecule has 1 N–H and O–H groups in total. The Morgan fingerprint density at radius 2 is 1.82 bits per heavy atom. The van der Waals surface area contributed by atoms with Crippen molar-refractivity contribution in [3.8, 4) is 16.4 Å². The Kier molecular flexibility index (Phi) is 5.38. The average Bonchev–Trinajstić information content (AvgIpc) is 3.27. The van der Waals surface area contributed by atoms with E-state index in [-0.39, 0.29) is 11.2 Å². The van der Waals surface area contributed by atoms with Crippen LogP contribution in [0.3, 0.4) is 0 Å². The molecule has 2 heterocycles. The first-order valence-corrected chi connectivity index (χ1v) is 10.7. The first-order chi connectivity index (χ1) is 13.5. The summed E-state index contributed by atoms with van der Waals surface area (Å²) >= 11 is 8.23. The van der Waals surface area contributed by atoms with Crippen molar-refractivity contribution in [2.75, 3.05) is 0 Å². The van der Waals surface area contributed by atoms with E-state index in [0.29, 0.717) is 16.5 Å². The first-order valence-electron chi connectivity index (χ1n) is 8.22. The zero-order chi connectivity index (χ0) is 19.7. The number of hydrogen-bond donors (Lipinski definition) is 1. The zero-order valence-corrected chi connectivity index (χ0v) is 18.5. The van der Waals surface area contributed by atoms with Gasteiger partial charge in [-0.25, -0.2) is 4.98 Å². The van der Waals surface area contributed by atoms with Gasteiger partial charge in [-0.15, -0.1) is 21.6 Å². The summed E-state index contributed by atoms with van der Waals surface area (Å²) in [6, 6.07) is 15.3. The predicted molar refractivity (Wildman–Crippen MR) is 118 cm³/mol. The van der Waals surface area contributed by atoms with Crippen LogP contribution in [0, 0.1) is 6.92 Å². The molecule has 0 unspecified atom stereocenters. The number of aryl methyl sites for hydroxylation is 1. The average molecular weight is 519 g/mol. The predicted octanol–water partition coefficient (Wildman–Crippen LogP) is 6.54. The Morgan fingerprint density at radius 1 is 1.07 bits per heavy atom. The third-order valence-electron chi connectivity index (χ3n) is 3.97. The molecular formula is C19H13Br2N5OS. The standard InChI is InChI=1S/C19H13Br2N5OS/c1-11-17(24-23-15-5-3-2-4-14(15)21)18(27)26(25-11)19-22-16(10-28-19)12-6-8-13(20)9-7-12/h2-10,25H,1H3. The molecule has 0 amide bonds. The van der Waals surface area contributed by atoms with Crippen LogP contribution in [0.2, 0.25) is 0 Å². The van der Waals surface area contributed by atoms with Crippen LogP contribution in [-0.2, 0) is 0 Å². The topological polar surface area (TPSA) is 75.4 Å². The summed E-state index contributed by atoms with van der Waals surface area (Å²) in [7, 11) is 0. The van der Waals surface area contributed by atoms with Gasteiger partial charge in [0.2, 0.25) is 5.13 Å². The molecule has 28 heavy (non-hydrogen) atoms. The highest BCUT2D eigenvalue weighted by Gasteiger charge is 2.15. The van der Waals surface area contributed by atoms with E-state index in [9.17, 15) is 4.79 Å². The maximum absolute atomic E-state index is 12.8. The molecule has 0 bridgehead atoms. The lowest BCUT2D eigenvalue weighted by Gasteiger charge is -1.97. The SMILES string of the molecule is Cc1[nH]n(-c2nc(-c3ccc(Br)cc3)cs2)c(=O)c1N=Nc1ccccc1Br.